The number of aryl methyl sites for hydroxylation is 1. The molecule has 0 radical (unpaired) electrons. The van der Waals surface area contributed by atoms with Crippen LogP contribution in [-0.2, 0) is 41.5 Å². The Bertz CT molecular complexity index is 2440. The van der Waals surface area contributed by atoms with E-state index in [9.17, 15) is 28.8 Å². The van der Waals surface area contributed by atoms with Gasteiger partial charge in [0.15, 0.2) is 0 Å². The number of nitrogens with zero attached hydrogens (tertiary/aromatic N) is 3. The zero-order valence-electron chi connectivity index (χ0n) is 39.0. The summed E-state index contributed by atoms with van der Waals surface area (Å²) in [5.74, 6) is -2.42. The normalized spacial score (nSPS) is 12.2. The standard InChI is InChI=1S/C48H58ClN5O11/c1-45(2,3)62-39(56)28-54(27-32-25-35(41(58)63-46(4,5)6)34-15-13-14-16-37(34)50-32)38(55)24-20-29-19-23-33(26-36(29)49)61-40(57)30-17-21-31(22-18-30)51-42(52-43(59)64-47(7,8)9)53-44(60)65-48(10,11)12/h13-19,21-23,25-26H,20,24,27-28H2,1-12H3,(H2,51,52,53,59,60). The predicted octanol–water partition coefficient (Wildman–Crippen LogP) is 9.59. The van der Waals surface area contributed by atoms with Crippen molar-refractivity contribution >= 4 is 70.2 Å². The minimum absolute atomic E-state index is 0.0635. The van der Waals surface area contributed by atoms with Crippen LogP contribution in [0, 0.1) is 0 Å². The van der Waals surface area contributed by atoms with Crippen LogP contribution in [0.2, 0.25) is 5.02 Å². The number of halogens is 1. The lowest BCUT2D eigenvalue weighted by Gasteiger charge is -2.25. The van der Waals surface area contributed by atoms with Gasteiger partial charge in [-0.1, -0.05) is 35.9 Å². The van der Waals surface area contributed by atoms with Crippen molar-refractivity contribution in [1.82, 2.24) is 15.2 Å². The van der Waals surface area contributed by atoms with E-state index in [0.717, 1.165) is 0 Å². The van der Waals surface area contributed by atoms with Crippen LogP contribution in [0.15, 0.2) is 77.8 Å². The van der Waals surface area contributed by atoms with Gasteiger partial charge in [0.05, 0.1) is 28.9 Å². The second-order valence-corrected chi connectivity index (χ2v) is 19.3. The summed E-state index contributed by atoms with van der Waals surface area (Å²) in [6, 6.07) is 19.2. The summed E-state index contributed by atoms with van der Waals surface area (Å²) in [5.41, 5.74) is -0.978. The number of amides is 3. The summed E-state index contributed by atoms with van der Waals surface area (Å²) >= 11 is 6.63. The van der Waals surface area contributed by atoms with Crippen molar-refractivity contribution in [1.29, 1.82) is 0 Å². The molecule has 16 nitrogen and oxygen atoms in total. The number of aromatic nitrogens is 1. The molecule has 3 amide bonds. The molecular weight excluding hydrogens is 858 g/mol. The fourth-order valence-electron chi connectivity index (χ4n) is 5.82. The van der Waals surface area contributed by atoms with Gasteiger partial charge < -0.3 is 33.9 Å². The van der Waals surface area contributed by atoms with Crippen molar-refractivity contribution in [2.75, 3.05) is 11.9 Å². The van der Waals surface area contributed by atoms with Crippen LogP contribution in [0.3, 0.4) is 0 Å². The minimum atomic E-state index is -0.960. The molecule has 0 aliphatic carbocycles. The number of guanidine groups is 1. The van der Waals surface area contributed by atoms with Crippen LogP contribution in [0.1, 0.15) is 121 Å². The molecule has 2 N–H and O–H groups in total. The lowest BCUT2D eigenvalue weighted by molar-refractivity contribution is -0.159. The summed E-state index contributed by atoms with van der Waals surface area (Å²) in [6.45, 7) is 20.0. The number of pyridine rings is 1. The summed E-state index contributed by atoms with van der Waals surface area (Å²) < 4.78 is 27.3. The van der Waals surface area contributed by atoms with E-state index >= 15 is 0 Å². The Morgan fingerprint density at radius 2 is 1.32 bits per heavy atom. The Hall–Kier alpha value is -6.55. The lowest BCUT2D eigenvalue weighted by atomic mass is 10.1. The molecule has 0 spiro atoms. The maximum Gasteiger partial charge on any atom is 0.437 e. The third kappa shape index (κ3) is 17.5. The molecular formula is C48H58ClN5O11. The molecule has 0 saturated heterocycles. The number of alkyl carbamates (subject to hydrolysis) is 1. The first-order valence-electron chi connectivity index (χ1n) is 20.8. The largest absolute Gasteiger partial charge is 0.459 e. The van der Waals surface area contributed by atoms with Gasteiger partial charge in [0.2, 0.25) is 11.9 Å². The van der Waals surface area contributed by atoms with E-state index in [4.69, 9.17) is 40.3 Å². The van der Waals surface area contributed by atoms with Crippen molar-refractivity contribution in [3.63, 3.8) is 0 Å². The number of carbonyl (C=O) groups excluding carboxylic acids is 6. The van der Waals surface area contributed by atoms with E-state index in [1.54, 1.807) is 119 Å². The van der Waals surface area contributed by atoms with E-state index in [1.165, 1.54) is 41.3 Å². The minimum Gasteiger partial charge on any atom is -0.459 e. The molecule has 65 heavy (non-hydrogen) atoms. The third-order valence-electron chi connectivity index (χ3n) is 8.28. The Labute approximate surface area is 384 Å². The number of fused-ring (bicyclic) bond motifs is 1. The van der Waals surface area contributed by atoms with Gasteiger partial charge in [0.1, 0.15) is 34.7 Å². The van der Waals surface area contributed by atoms with E-state index in [1.807, 2.05) is 0 Å². The quantitative estimate of drug-likeness (QED) is 0.0474. The van der Waals surface area contributed by atoms with Gasteiger partial charge in [-0.15, -0.1) is 4.99 Å². The van der Waals surface area contributed by atoms with Gasteiger partial charge in [-0.25, -0.2) is 19.2 Å². The highest BCUT2D eigenvalue weighted by Gasteiger charge is 2.26. The number of carbonyl (C=O) groups is 6. The molecule has 1 aromatic heterocycles. The third-order valence-corrected chi connectivity index (χ3v) is 8.63. The van der Waals surface area contributed by atoms with E-state index in [2.05, 4.69) is 15.6 Å². The lowest BCUT2D eigenvalue weighted by Crippen LogP contribution is -2.40. The maximum atomic E-state index is 13.9. The Kier molecular flexibility index (Phi) is 16.5. The molecule has 0 saturated carbocycles. The number of nitrogens with one attached hydrogen (secondary N) is 2. The highest BCUT2D eigenvalue weighted by Crippen LogP contribution is 2.27. The Morgan fingerprint density at radius 1 is 0.708 bits per heavy atom. The fraction of sp³-hybridized carbons (Fsp3) is 0.417. The van der Waals surface area contributed by atoms with Gasteiger partial charge in [-0.05, 0) is 144 Å². The first-order chi connectivity index (χ1) is 30.0. The van der Waals surface area contributed by atoms with Crippen molar-refractivity contribution < 1.29 is 52.5 Å². The number of rotatable bonds is 11. The summed E-state index contributed by atoms with van der Waals surface area (Å²) in [6.07, 6.45) is -1.72. The number of esters is 3. The highest BCUT2D eigenvalue weighted by molar-refractivity contribution is 6.31. The molecule has 0 aliphatic rings. The Balaban J connectivity index is 1.46. The van der Waals surface area contributed by atoms with Gasteiger partial charge in [-0.3, -0.25) is 19.9 Å². The number of ether oxygens (including phenoxy) is 5. The smallest absolute Gasteiger partial charge is 0.437 e. The molecule has 17 heteroatoms. The van der Waals surface area contributed by atoms with Crippen LogP contribution in [0.5, 0.6) is 5.75 Å². The molecule has 0 unspecified atom stereocenters. The second-order valence-electron chi connectivity index (χ2n) is 18.9. The zero-order valence-corrected chi connectivity index (χ0v) is 39.7. The van der Waals surface area contributed by atoms with Crippen molar-refractivity contribution in [3.8, 4) is 5.75 Å². The van der Waals surface area contributed by atoms with Crippen LogP contribution < -0.4 is 15.4 Å². The number of hydrogen-bond acceptors (Lipinski definition) is 12. The molecule has 348 valence electrons. The average molecular weight is 916 g/mol. The highest BCUT2D eigenvalue weighted by atomic mass is 35.5. The summed E-state index contributed by atoms with van der Waals surface area (Å²) in [7, 11) is 0. The summed E-state index contributed by atoms with van der Waals surface area (Å²) in [5, 5.41) is 6.02. The molecule has 4 aromatic rings. The second kappa shape index (κ2) is 21.0. The van der Waals surface area contributed by atoms with Gasteiger partial charge in [-0.2, -0.15) is 0 Å². The van der Waals surface area contributed by atoms with Crippen LogP contribution in [-0.4, -0.2) is 80.8 Å². The number of anilines is 1. The molecule has 0 aliphatic heterocycles. The van der Waals surface area contributed by atoms with E-state index < -0.39 is 58.4 Å². The van der Waals surface area contributed by atoms with Crippen molar-refractivity contribution in [2.45, 2.75) is 125 Å². The molecule has 3 aromatic carbocycles. The number of hydrogen-bond donors (Lipinski definition) is 2. The molecule has 0 bridgehead atoms. The molecule has 0 fully saturated rings. The van der Waals surface area contributed by atoms with Gasteiger partial charge >= 0.3 is 30.1 Å². The SMILES string of the molecule is CC(C)(C)OC(=O)CN(Cc1cc(C(=O)OC(C)(C)C)c2ccccc2n1)C(=O)CCc1ccc(OC(=O)c2ccc(N/C(=N\C(=O)OC(C)(C)C)NC(=O)OC(C)(C)C)cc2)cc1Cl. The average Bonchev–Trinajstić information content (AvgIpc) is 3.14. The summed E-state index contributed by atoms with van der Waals surface area (Å²) in [4.78, 5) is 88.2. The van der Waals surface area contributed by atoms with E-state index in [-0.39, 0.29) is 53.8 Å². The molecule has 0 atom stereocenters. The van der Waals surface area contributed by atoms with Crippen LogP contribution in [0.25, 0.3) is 10.9 Å². The maximum absolute atomic E-state index is 13.9. The van der Waals surface area contributed by atoms with E-state index in [0.29, 0.717) is 27.8 Å². The first kappa shape index (κ1) is 51.1. The van der Waals surface area contributed by atoms with Crippen molar-refractivity contribution in [2.24, 2.45) is 4.99 Å². The van der Waals surface area contributed by atoms with Crippen molar-refractivity contribution in [3.05, 3.63) is 100 Å². The Morgan fingerprint density at radius 3 is 1.92 bits per heavy atom. The van der Waals surface area contributed by atoms with Gasteiger partial charge in [0, 0.05) is 22.5 Å². The number of aliphatic imine (C=N–C) groups is 1. The first-order valence-corrected chi connectivity index (χ1v) is 21.2. The van der Waals surface area contributed by atoms with Gasteiger partial charge in [0.25, 0.3) is 0 Å². The van der Waals surface area contributed by atoms with Crippen LogP contribution in [0.4, 0.5) is 15.3 Å². The molecule has 1 heterocycles. The predicted molar refractivity (Wildman–Crippen MR) is 246 cm³/mol. The van der Waals surface area contributed by atoms with Crippen LogP contribution >= 0.6 is 11.6 Å². The fourth-order valence-corrected chi connectivity index (χ4v) is 6.09. The topological polar surface area (TPSA) is 201 Å². The monoisotopic (exact) mass is 915 g/mol. The zero-order chi connectivity index (χ0) is 48.5. The number of para-hydroxylation sites is 1. The number of benzene rings is 3. The molecule has 4 rings (SSSR count).